The lowest BCUT2D eigenvalue weighted by molar-refractivity contribution is -0.113. The van der Waals surface area contributed by atoms with Crippen molar-refractivity contribution in [3.63, 3.8) is 0 Å². The van der Waals surface area contributed by atoms with Gasteiger partial charge in [0, 0.05) is 0 Å². The summed E-state index contributed by atoms with van der Waals surface area (Å²) >= 11 is 3.09. The molecule has 0 saturated carbocycles. The van der Waals surface area contributed by atoms with Crippen molar-refractivity contribution in [3.05, 3.63) is 30.6 Å². The van der Waals surface area contributed by atoms with Gasteiger partial charge in [0.25, 0.3) is 0 Å². The first-order valence-corrected chi connectivity index (χ1v) is 5.61. The van der Waals surface area contributed by atoms with Gasteiger partial charge in [-0.25, -0.2) is 0 Å². The largest absolute Gasteiger partial charge is 0.323 e. The third-order valence-electron chi connectivity index (χ3n) is 1.90. The molecule has 82 valence electrons. The van der Waals surface area contributed by atoms with Gasteiger partial charge < -0.3 is 5.32 Å². The number of hydrogen-bond donors (Lipinski definition) is 1. The molecular formula is C9H8BrN5O. The second kappa shape index (κ2) is 4.84. The van der Waals surface area contributed by atoms with E-state index >= 15 is 0 Å². The Morgan fingerprint density at radius 3 is 2.94 bits per heavy atom. The lowest BCUT2D eigenvalue weighted by atomic mass is 10.2. The maximum absolute atomic E-state index is 11.3. The molecule has 1 heterocycles. The number of para-hydroxylation sites is 2. The molecule has 0 saturated heterocycles. The van der Waals surface area contributed by atoms with Crippen molar-refractivity contribution in [2.75, 3.05) is 10.6 Å². The number of nitrogens with one attached hydrogen (secondary N) is 1. The molecule has 6 nitrogen and oxygen atoms in total. The summed E-state index contributed by atoms with van der Waals surface area (Å²) in [6.45, 7) is 0. The Labute approximate surface area is 99.8 Å². The van der Waals surface area contributed by atoms with Gasteiger partial charge in [0.2, 0.25) is 5.91 Å². The summed E-state index contributed by atoms with van der Waals surface area (Å²) < 4.78 is 1.49. The maximum atomic E-state index is 11.3. The third kappa shape index (κ3) is 2.25. The number of aromatic nitrogens is 4. The minimum atomic E-state index is -0.125. The van der Waals surface area contributed by atoms with E-state index in [1.165, 1.54) is 11.0 Å². The molecule has 0 atom stereocenters. The second-order valence-electron chi connectivity index (χ2n) is 2.95. The predicted octanol–water partition coefficient (Wildman–Crippen LogP) is 0.996. The minimum Gasteiger partial charge on any atom is -0.323 e. The van der Waals surface area contributed by atoms with Gasteiger partial charge in [-0.2, -0.15) is 4.68 Å². The van der Waals surface area contributed by atoms with Crippen LogP contribution in [0.4, 0.5) is 5.69 Å². The van der Waals surface area contributed by atoms with E-state index in [9.17, 15) is 4.79 Å². The highest BCUT2D eigenvalue weighted by Gasteiger charge is 2.07. The molecule has 0 aliphatic rings. The number of hydrogen-bond acceptors (Lipinski definition) is 4. The summed E-state index contributed by atoms with van der Waals surface area (Å²) in [6, 6.07) is 7.29. The smallest absolute Gasteiger partial charge is 0.235 e. The maximum Gasteiger partial charge on any atom is 0.235 e. The lowest BCUT2D eigenvalue weighted by Gasteiger charge is -2.08. The van der Waals surface area contributed by atoms with Gasteiger partial charge in [0.05, 0.1) is 16.7 Å². The van der Waals surface area contributed by atoms with E-state index < -0.39 is 0 Å². The van der Waals surface area contributed by atoms with Gasteiger partial charge in [0.15, 0.2) is 0 Å². The molecule has 1 aromatic heterocycles. The second-order valence-corrected chi connectivity index (χ2v) is 3.51. The molecule has 7 heteroatoms. The van der Waals surface area contributed by atoms with E-state index in [1.807, 2.05) is 18.2 Å². The van der Waals surface area contributed by atoms with E-state index in [4.69, 9.17) is 0 Å². The molecule has 2 rings (SSSR count). The number of halogens is 1. The molecule has 0 unspecified atom stereocenters. The number of tetrazole rings is 1. The number of alkyl halides is 1. The number of rotatable bonds is 3. The average molecular weight is 282 g/mol. The molecule has 0 aliphatic carbocycles. The fourth-order valence-electron chi connectivity index (χ4n) is 1.23. The van der Waals surface area contributed by atoms with Gasteiger partial charge in [-0.05, 0) is 22.6 Å². The molecule has 16 heavy (non-hydrogen) atoms. The molecule has 1 N–H and O–H groups in total. The summed E-state index contributed by atoms with van der Waals surface area (Å²) in [5, 5.41) is 13.9. The summed E-state index contributed by atoms with van der Waals surface area (Å²) in [6.07, 6.45) is 1.47. The zero-order valence-electron chi connectivity index (χ0n) is 8.17. The molecular weight excluding hydrogens is 274 g/mol. The fraction of sp³-hybridized carbons (Fsp3) is 0.111. The van der Waals surface area contributed by atoms with Crippen molar-refractivity contribution in [3.8, 4) is 5.69 Å². The van der Waals surface area contributed by atoms with Crippen LogP contribution in [0.25, 0.3) is 5.69 Å². The van der Waals surface area contributed by atoms with Gasteiger partial charge in [0.1, 0.15) is 6.33 Å². The Bertz CT molecular complexity index is 484. The average Bonchev–Trinajstić information content (AvgIpc) is 2.83. The Kier molecular flexibility index (Phi) is 3.25. The zero-order valence-corrected chi connectivity index (χ0v) is 9.75. The summed E-state index contributed by atoms with van der Waals surface area (Å²) in [4.78, 5) is 11.3. The molecule has 0 fully saturated rings. The van der Waals surface area contributed by atoms with Crippen LogP contribution in [0.3, 0.4) is 0 Å². The number of nitrogens with zero attached hydrogens (tertiary/aromatic N) is 4. The Balaban J connectivity index is 2.35. The first-order chi connectivity index (χ1) is 7.81. The first-order valence-electron chi connectivity index (χ1n) is 4.49. The van der Waals surface area contributed by atoms with Crippen molar-refractivity contribution in [2.24, 2.45) is 0 Å². The van der Waals surface area contributed by atoms with Crippen LogP contribution in [0, 0.1) is 0 Å². The Hall–Kier alpha value is -1.76. The van der Waals surface area contributed by atoms with E-state index in [0.717, 1.165) is 5.69 Å². The summed E-state index contributed by atoms with van der Waals surface area (Å²) in [5.74, 6) is -0.125. The highest BCUT2D eigenvalue weighted by Crippen LogP contribution is 2.18. The van der Waals surface area contributed by atoms with Gasteiger partial charge in [-0.1, -0.05) is 28.1 Å². The molecule has 2 aromatic rings. The van der Waals surface area contributed by atoms with Crippen LogP contribution in [0.15, 0.2) is 30.6 Å². The molecule has 1 amide bonds. The fourth-order valence-corrected chi connectivity index (χ4v) is 1.37. The van der Waals surface area contributed by atoms with Crippen LogP contribution in [0.5, 0.6) is 0 Å². The molecule has 0 radical (unpaired) electrons. The quantitative estimate of drug-likeness (QED) is 0.852. The summed E-state index contributed by atoms with van der Waals surface area (Å²) in [7, 11) is 0. The number of carbonyl (C=O) groups excluding carboxylic acids is 1. The minimum absolute atomic E-state index is 0.125. The SMILES string of the molecule is O=C(CBr)Nc1ccccc1-n1cnnn1. The predicted molar refractivity (Wildman–Crippen MR) is 61.6 cm³/mol. The Morgan fingerprint density at radius 2 is 2.25 bits per heavy atom. The molecule has 1 aromatic carbocycles. The number of amides is 1. The Morgan fingerprint density at radius 1 is 1.44 bits per heavy atom. The van der Waals surface area contributed by atoms with Crippen molar-refractivity contribution < 1.29 is 4.79 Å². The van der Waals surface area contributed by atoms with Crippen LogP contribution < -0.4 is 5.32 Å². The number of carbonyl (C=O) groups is 1. The van der Waals surface area contributed by atoms with E-state index in [1.54, 1.807) is 6.07 Å². The third-order valence-corrected chi connectivity index (χ3v) is 2.40. The van der Waals surface area contributed by atoms with Crippen LogP contribution >= 0.6 is 15.9 Å². The van der Waals surface area contributed by atoms with Crippen molar-refractivity contribution in [1.82, 2.24) is 20.2 Å². The van der Waals surface area contributed by atoms with Crippen molar-refractivity contribution in [2.45, 2.75) is 0 Å². The zero-order chi connectivity index (χ0) is 11.4. The summed E-state index contributed by atoms with van der Waals surface area (Å²) in [5.41, 5.74) is 1.39. The highest BCUT2D eigenvalue weighted by atomic mass is 79.9. The van der Waals surface area contributed by atoms with Crippen LogP contribution in [0.2, 0.25) is 0 Å². The molecule has 0 aliphatic heterocycles. The van der Waals surface area contributed by atoms with E-state index in [-0.39, 0.29) is 11.2 Å². The number of anilines is 1. The highest BCUT2D eigenvalue weighted by molar-refractivity contribution is 9.09. The van der Waals surface area contributed by atoms with Crippen molar-refractivity contribution >= 4 is 27.5 Å². The molecule has 0 spiro atoms. The van der Waals surface area contributed by atoms with Crippen LogP contribution in [-0.4, -0.2) is 31.4 Å². The van der Waals surface area contributed by atoms with E-state index in [2.05, 4.69) is 36.8 Å². The number of benzene rings is 1. The van der Waals surface area contributed by atoms with E-state index in [0.29, 0.717) is 5.69 Å². The van der Waals surface area contributed by atoms with Gasteiger partial charge in [-0.3, -0.25) is 4.79 Å². The monoisotopic (exact) mass is 281 g/mol. The normalized spacial score (nSPS) is 10.1. The van der Waals surface area contributed by atoms with Crippen LogP contribution in [-0.2, 0) is 4.79 Å². The van der Waals surface area contributed by atoms with Gasteiger partial charge >= 0.3 is 0 Å². The molecule has 0 bridgehead atoms. The van der Waals surface area contributed by atoms with Crippen LogP contribution in [0.1, 0.15) is 0 Å². The standard InChI is InChI=1S/C9H8BrN5O/c10-5-9(16)12-7-3-1-2-4-8(7)15-6-11-13-14-15/h1-4,6H,5H2,(H,12,16). The van der Waals surface area contributed by atoms with Gasteiger partial charge in [-0.15, -0.1) is 5.10 Å². The van der Waals surface area contributed by atoms with Crippen molar-refractivity contribution in [1.29, 1.82) is 0 Å². The topological polar surface area (TPSA) is 72.7 Å². The lowest BCUT2D eigenvalue weighted by Crippen LogP contribution is -2.14. The first kappa shape index (κ1) is 10.7.